The molecule has 0 atom stereocenters. The molecule has 0 spiro atoms. The second-order valence-electron chi connectivity index (χ2n) is 5.86. The van der Waals surface area contributed by atoms with Gasteiger partial charge in [-0.15, -0.1) is 0 Å². The van der Waals surface area contributed by atoms with Crippen LogP contribution in [-0.4, -0.2) is 35.6 Å². The summed E-state index contributed by atoms with van der Waals surface area (Å²) in [5.41, 5.74) is 3.79. The molecule has 8 heteroatoms. The minimum atomic E-state index is -0.460. The highest BCUT2D eigenvalue weighted by molar-refractivity contribution is 5.83. The van der Waals surface area contributed by atoms with E-state index in [1.807, 2.05) is 30.3 Å². The third-order valence-corrected chi connectivity index (χ3v) is 3.94. The van der Waals surface area contributed by atoms with Gasteiger partial charge in [0.2, 0.25) is 0 Å². The molecule has 0 radical (unpaired) electrons. The van der Waals surface area contributed by atoms with E-state index in [4.69, 9.17) is 9.47 Å². The summed E-state index contributed by atoms with van der Waals surface area (Å²) < 4.78 is 12.0. The van der Waals surface area contributed by atoms with E-state index < -0.39 is 5.91 Å². The van der Waals surface area contributed by atoms with E-state index in [1.54, 1.807) is 31.2 Å². The second kappa shape index (κ2) is 8.72. The molecule has 0 fully saturated rings. The minimum absolute atomic E-state index is 0.238. The fourth-order valence-electron chi connectivity index (χ4n) is 2.55. The number of carbonyl (C=O) groups is 1. The summed E-state index contributed by atoms with van der Waals surface area (Å²) in [7, 11) is 1.52. The lowest BCUT2D eigenvalue weighted by molar-refractivity contribution is -0.123. The van der Waals surface area contributed by atoms with Gasteiger partial charge in [-0.2, -0.15) is 5.10 Å². The van der Waals surface area contributed by atoms with E-state index >= 15 is 0 Å². The molecule has 3 aromatic rings. The number of aromatic amines is 1. The van der Waals surface area contributed by atoms with Crippen LogP contribution in [0.5, 0.6) is 11.5 Å². The van der Waals surface area contributed by atoms with E-state index in [1.165, 1.54) is 18.0 Å². The number of hydrazone groups is 1. The standard InChI is InChI=1S/C20H20N4O4/c1-14-16(20(26)24(23-14)15-8-4-3-5-9-15)12-21-22-19(25)13-28-18-11-7-6-10-17(18)27-2/h3-12,23H,13H2,1-2H3,(H,22,25). The van der Waals surface area contributed by atoms with Crippen LogP contribution in [0.4, 0.5) is 0 Å². The van der Waals surface area contributed by atoms with Crippen LogP contribution in [0.2, 0.25) is 0 Å². The summed E-state index contributed by atoms with van der Waals surface area (Å²) in [5, 5.41) is 6.84. The Bertz CT molecular complexity index is 1040. The number of para-hydroxylation sites is 3. The molecule has 0 aliphatic heterocycles. The average Bonchev–Trinajstić information content (AvgIpc) is 3.01. The van der Waals surface area contributed by atoms with Gasteiger partial charge >= 0.3 is 0 Å². The maximum Gasteiger partial charge on any atom is 0.280 e. The van der Waals surface area contributed by atoms with Crippen molar-refractivity contribution in [2.45, 2.75) is 6.92 Å². The number of nitrogens with zero attached hydrogens (tertiary/aromatic N) is 2. The van der Waals surface area contributed by atoms with Crippen LogP contribution in [0.1, 0.15) is 11.3 Å². The van der Waals surface area contributed by atoms with Crippen molar-refractivity contribution in [3.8, 4) is 17.2 Å². The van der Waals surface area contributed by atoms with Crippen molar-refractivity contribution in [3.63, 3.8) is 0 Å². The number of nitrogens with one attached hydrogen (secondary N) is 2. The Labute approximate surface area is 161 Å². The molecule has 0 aliphatic rings. The third-order valence-electron chi connectivity index (χ3n) is 3.94. The third kappa shape index (κ3) is 4.29. The topological polar surface area (TPSA) is 97.7 Å². The van der Waals surface area contributed by atoms with Gasteiger partial charge in [-0.25, -0.2) is 10.1 Å². The molecular weight excluding hydrogens is 360 g/mol. The lowest BCUT2D eigenvalue weighted by atomic mass is 10.3. The van der Waals surface area contributed by atoms with Gasteiger partial charge in [0.05, 0.1) is 24.6 Å². The lowest BCUT2D eigenvalue weighted by Crippen LogP contribution is -2.25. The number of aromatic nitrogens is 2. The SMILES string of the molecule is COc1ccccc1OCC(=O)NN=Cc1c(C)[nH]n(-c2ccccc2)c1=O. The van der Waals surface area contributed by atoms with Gasteiger partial charge in [0.15, 0.2) is 18.1 Å². The number of aryl methyl sites for hydroxylation is 1. The first-order chi connectivity index (χ1) is 13.6. The monoisotopic (exact) mass is 380 g/mol. The molecule has 0 unspecified atom stereocenters. The predicted molar refractivity (Wildman–Crippen MR) is 105 cm³/mol. The summed E-state index contributed by atoms with van der Waals surface area (Å²) in [6.07, 6.45) is 1.31. The smallest absolute Gasteiger partial charge is 0.280 e. The first-order valence-corrected chi connectivity index (χ1v) is 8.55. The van der Waals surface area contributed by atoms with Crippen molar-refractivity contribution < 1.29 is 14.3 Å². The van der Waals surface area contributed by atoms with Crippen LogP contribution < -0.4 is 20.5 Å². The van der Waals surface area contributed by atoms with Gasteiger partial charge in [-0.05, 0) is 31.2 Å². The van der Waals surface area contributed by atoms with Crippen LogP contribution in [0.3, 0.4) is 0 Å². The summed E-state index contributed by atoms with van der Waals surface area (Å²) in [6, 6.07) is 16.2. The Morgan fingerprint density at radius 2 is 1.82 bits per heavy atom. The first kappa shape index (κ1) is 19.0. The summed E-state index contributed by atoms with van der Waals surface area (Å²) in [6.45, 7) is 1.52. The number of hydrogen-bond donors (Lipinski definition) is 2. The fraction of sp³-hybridized carbons (Fsp3) is 0.150. The molecule has 0 bridgehead atoms. The molecule has 28 heavy (non-hydrogen) atoms. The number of carbonyl (C=O) groups excluding carboxylic acids is 1. The summed E-state index contributed by atoms with van der Waals surface area (Å²) in [5.74, 6) is 0.526. The van der Waals surface area contributed by atoms with Crippen LogP contribution in [0, 0.1) is 6.92 Å². The van der Waals surface area contributed by atoms with E-state index in [0.717, 1.165) is 0 Å². The maximum atomic E-state index is 12.5. The molecule has 8 nitrogen and oxygen atoms in total. The molecular formula is C20H20N4O4. The van der Waals surface area contributed by atoms with Crippen molar-refractivity contribution in [3.05, 3.63) is 76.2 Å². The average molecular weight is 380 g/mol. The van der Waals surface area contributed by atoms with Gasteiger partial charge < -0.3 is 9.47 Å². The zero-order valence-corrected chi connectivity index (χ0v) is 15.5. The van der Waals surface area contributed by atoms with E-state index in [9.17, 15) is 9.59 Å². The molecule has 1 aromatic heterocycles. The van der Waals surface area contributed by atoms with Gasteiger partial charge in [0.1, 0.15) is 0 Å². The van der Waals surface area contributed by atoms with Crippen LogP contribution >= 0.6 is 0 Å². The van der Waals surface area contributed by atoms with E-state index in [-0.39, 0.29) is 12.2 Å². The normalized spacial score (nSPS) is 10.8. The zero-order valence-electron chi connectivity index (χ0n) is 15.5. The summed E-state index contributed by atoms with van der Waals surface area (Å²) >= 11 is 0. The Morgan fingerprint density at radius 1 is 1.14 bits per heavy atom. The highest BCUT2D eigenvalue weighted by Gasteiger charge is 2.11. The van der Waals surface area contributed by atoms with E-state index in [0.29, 0.717) is 28.4 Å². The van der Waals surface area contributed by atoms with Gasteiger partial charge in [0, 0.05) is 5.69 Å². The Balaban J connectivity index is 1.62. The molecule has 144 valence electrons. The van der Waals surface area contributed by atoms with Crippen LogP contribution in [0.25, 0.3) is 5.69 Å². The van der Waals surface area contributed by atoms with Crippen molar-refractivity contribution in [1.82, 2.24) is 15.2 Å². The number of methoxy groups -OCH3 is 1. The molecule has 0 saturated carbocycles. The Kier molecular flexibility index (Phi) is 5.91. The molecule has 0 aliphatic carbocycles. The molecule has 1 heterocycles. The van der Waals surface area contributed by atoms with Crippen LogP contribution in [-0.2, 0) is 4.79 Å². The Morgan fingerprint density at radius 3 is 2.54 bits per heavy atom. The molecule has 1 amide bonds. The quantitative estimate of drug-likeness (QED) is 0.484. The van der Waals surface area contributed by atoms with Crippen molar-refractivity contribution >= 4 is 12.1 Å². The fourth-order valence-corrected chi connectivity index (χ4v) is 2.55. The van der Waals surface area contributed by atoms with Gasteiger partial charge in [-0.3, -0.25) is 14.7 Å². The number of amides is 1. The number of hydrogen-bond acceptors (Lipinski definition) is 5. The highest BCUT2D eigenvalue weighted by atomic mass is 16.5. The first-order valence-electron chi connectivity index (χ1n) is 8.55. The molecule has 0 saturated heterocycles. The lowest BCUT2D eigenvalue weighted by Gasteiger charge is -2.09. The zero-order chi connectivity index (χ0) is 19.9. The molecule has 2 N–H and O–H groups in total. The van der Waals surface area contributed by atoms with Crippen molar-refractivity contribution in [2.24, 2.45) is 5.10 Å². The van der Waals surface area contributed by atoms with Gasteiger partial charge in [-0.1, -0.05) is 30.3 Å². The van der Waals surface area contributed by atoms with Crippen molar-refractivity contribution in [1.29, 1.82) is 0 Å². The minimum Gasteiger partial charge on any atom is -0.493 e. The van der Waals surface area contributed by atoms with E-state index in [2.05, 4.69) is 15.6 Å². The molecule has 3 rings (SSSR count). The van der Waals surface area contributed by atoms with Crippen LogP contribution in [0.15, 0.2) is 64.5 Å². The van der Waals surface area contributed by atoms with Crippen molar-refractivity contribution in [2.75, 3.05) is 13.7 Å². The predicted octanol–water partition coefficient (Wildman–Crippen LogP) is 2.01. The number of rotatable bonds is 7. The van der Waals surface area contributed by atoms with Gasteiger partial charge in [0.25, 0.3) is 11.5 Å². The second-order valence-corrected chi connectivity index (χ2v) is 5.86. The Hall–Kier alpha value is -3.81. The summed E-state index contributed by atoms with van der Waals surface area (Å²) in [4.78, 5) is 24.5. The largest absolute Gasteiger partial charge is 0.493 e. The number of benzene rings is 2. The number of ether oxygens (including phenoxy) is 2. The number of H-pyrrole nitrogens is 1. The maximum absolute atomic E-state index is 12.5. The molecule has 2 aromatic carbocycles. The highest BCUT2D eigenvalue weighted by Crippen LogP contribution is 2.25.